The number of carbonyl (C=O) groups is 1. The quantitative estimate of drug-likeness (QED) is 0.669. The summed E-state index contributed by atoms with van der Waals surface area (Å²) in [5, 5.41) is 0.655. The molecular weight excluding hydrogens is 276 g/mol. The lowest BCUT2D eigenvalue weighted by atomic mass is 10.2. The third-order valence-corrected chi connectivity index (χ3v) is 3.05. The lowest BCUT2D eigenvalue weighted by Crippen LogP contribution is -2.26. The van der Waals surface area contributed by atoms with E-state index in [2.05, 4.69) is 10.4 Å². The molecule has 0 aliphatic rings. The smallest absolute Gasteiger partial charge is 0.254 e. The Balaban J connectivity index is 2.12. The first kappa shape index (κ1) is 14.3. The van der Waals surface area contributed by atoms with Crippen molar-refractivity contribution in [1.29, 1.82) is 0 Å². The number of nitrogen functional groups attached to an aromatic ring is 1. The second-order valence-electron chi connectivity index (χ2n) is 4.37. The highest BCUT2D eigenvalue weighted by Crippen LogP contribution is 2.14. The van der Waals surface area contributed by atoms with Gasteiger partial charge in [-0.3, -0.25) is 4.79 Å². The molecule has 20 heavy (non-hydrogen) atoms. The van der Waals surface area contributed by atoms with Gasteiger partial charge in [-0.15, -0.1) is 0 Å². The number of halogens is 1. The monoisotopic (exact) mass is 290 g/mol. The van der Waals surface area contributed by atoms with E-state index in [1.807, 2.05) is 18.2 Å². The highest BCUT2D eigenvalue weighted by atomic mass is 35.5. The molecule has 104 valence electrons. The van der Waals surface area contributed by atoms with E-state index >= 15 is 0 Å². The van der Waals surface area contributed by atoms with Gasteiger partial charge in [0.25, 0.3) is 5.91 Å². The summed E-state index contributed by atoms with van der Waals surface area (Å²) in [6, 6.07) is 10.7. The Hall–Kier alpha value is -2.11. The zero-order valence-electron chi connectivity index (χ0n) is 11.0. The zero-order valence-corrected chi connectivity index (χ0v) is 11.8. The molecule has 0 fully saturated rings. The number of benzene rings is 1. The summed E-state index contributed by atoms with van der Waals surface area (Å²) in [5.41, 5.74) is 3.92. The molecule has 0 atom stereocenters. The number of nitrogens with two attached hydrogens (primary N) is 1. The van der Waals surface area contributed by atoms with Crippen LogP contribution in [0.2, 0.25) is 5.02 Å². The molecule has 0 spiro atoms. The summed E-state index contributed by atoms with van der Waals surface area (Å²) in [5.74, 6) is 5.63. The van der Waals surface area contributed by atoms with E-state index < -0.39 is 0 Å². The van der Waals surface area contributed by atoms with Gasteiger partial charge in [-0.2, -0.15) is 0 Å². The summed E-state index contributed by atoms with van der Waals surface area (Å²) >= 11 is 5.93. The minimum absolute atomic E-state index is 0.108. The van der Waals surface area contributed by atoms with E-state index in [1.165, 1.54) is 6.20 Å². The van der Waals surface area contributed by atoms with E-state index in [4.69, 9.17) is 17.4 Å². The zero-order chi connectivity index (χ0) is 14.5. The number of carbonyl (C=O) groups excluding carboxylic acids is 1. The number of nitrogens with one attached hydrogen (secondary N) is 1. The Bertz CT molecular complexity index is 618. The molecule has 2 rings (SSSR count). The SMILES string of the molecule is CN(Cc1cccc(Cl)c1)C(=O)c1ccnc(NN)c1. The Kier molecular flexibility index (Phi) is 4.55. The molecule has 1 aromatic heterocycles. The second-order valence-corrected chi connectivity index (χ2v) is 4.80. The fraction of sp³-hybridized carbons (Fsp3) is 0.143. The van der Waals surface area contributed by atoms with Crippen LogP contribution in [0.1, 0.15) is 15.9 Å². The maximum absolute atomic E-state index is 12.3. The van der Waals surface area contributed by atoms with E-state index in [9.17, 15) is 4.79 Å². The number of nitrogens with zero attached hydrogens (tertiary/aromatic N) is 2. The molecule has 2 aromatic rings. The van der Waals surface area contributed by atoms with Gasteiger partial charge < -0.3 is 10.3 Å². The summed E-state index contributed by atoms with van der Waals surface area (Å²) in [6.45, 7) is 0.479. The topological polar surface area (TPSA) is 71.2 Å². The average Bonchev–Trinajstić information content (AvgIpc) is 2.46. The fourth-order valence-electron chi connectivity index (χ4n) is 1.84. The molecular formula is C14H15ClN4O. The second kappa shape index (κ2) is 6.36. The molecule has 0 aliphatic heterocycles. The highest BCUT2D eigenvalue weighted by molar-refractivity contribution is 6.30. The third kappa shape index (κ3) is 3.46. The van der Waals surface area contributed by atoms with E-state index in [1.54, 1.807) is 30.1 Å². The summed E-state index contributed by atoms with van der Waals surface area (Å²) in [4.78, 5) is 17.9. The van der Waals surface area contributed by atoms with E-state index in [-0.39, 0.29) is 5.91 Å². The molecule has 1 amide bonds. The maximum Gasteiger partial charge on any atom is 0.254 e. The van der Waals surface area contributed by atoms with Crippen molar-refractivity contribution in [2.75, 3.05) is 12.5 Å². The summed E-state index contributed by atoms with van der Waals surface area (Å²) in [7, 11) is 1.74. The van der Waals surface area contributed by atoms with E-state index in [0.717, 1.165) is 5.56 Å². The fourth-order valence-corrected chi connectivity index (χ4v) is 2.06. The molecule has 5 nitrogen and oxygen atoms in total. The van der Waals surface area contributed by atoms with Gasteiger partial charge in [-0.1, -0.05) is 23.7 Å². The first-order chi connectivity index (χ1) is 9.60. The maximum atomic E-state index is 12.3. The first-order valence-corrected chi connectivity index (χ1v) is 6.40. The molecule has 3 N–H and O–H groups in total. The van der Waals surface area contributed by atoms with Crippen LogP contribution in [0.5, 0.6) is 0 Å². The van der Waals surface area contributed by atoms with Crippen LogP contribution < -0.4 is 11.3 Å². The van der Waals surface area contributed by atoms with Gasteiger partial charge in [0.15, 0.2) is 0 Å². The van der Waals surface area contributed by atoms with Crippen molar-refractivity contribution >= 4 is 23.3 Å². The van der Waals surface area contributed by atoms with Crippen molar-refractivity contribution in [3.05, 3.63) is 58.7 Å². The standard InChI is InChI=1S/C14H15ClN4O/c1-19(9-10-3-2-4-12(15)7-10)14(20)11-5-6-17-13(8-11)18-16/h2-8H,9,16H2,1H3,(H,17,18). The van der Waals surface area contributed by atoms with Crippen LogP contribution in [-0.2, 0) is 6.54 Å². The van der Waals surface area contributed by atoms with Crippen LogP contribution in [0.3, 0.4) is 0 Å². The molecule has 0 radical (unpaired) electrons. The Morgan fingerprint density at radius 1 is 1.40 bits per heavy atom. The molecule has 0 unspecified atom stereocenters. The van der Waals surface area contributed by atoms with Crippen LogP contribution in [0.15, 0.2) is 42.6 Å². The number of anilines is 1. The number of rotatable bonds is 4. The van der Waals surface area contributed by atoms with Crippen LogP contribution in [0.25, 0.3) is 0 Å². The number of amides is 1. The van der Waals surface area contributed by atoms with Crippen LogP contribution in [-0.4, -0.2) is 22.8 Å². The molecule has 0 saturated heterocycles. The summed E-state index contributed by atoms with van der Waals surface area (Å²) in [6.07, 6.45) is 1.54. The summed E-state index contributed by atoms with van der Waals surface area (Å²) < 4.78 is 0. The number of pyridine rings is 1. The average molecular weight is 291 g/mol. The predicted octanol–water partition coefficient (Wildman–Crippen LogP) is 2.29. The molecule has 1 heterocycles. The van der Waals surface area contributed by atoms with Gasteiger partial charge in [0, 0.05) is 30.4 Å². The van der Waals surface area contributed by atoms with Crippen molar-refractivity contribution in [1.82, 2.24) is 9.88 Å². The van der Waals surface area contributed by atoms with E-state index in [0.29, 0.717) is 22.9 Å². The molecule has 0 aliphatic carbocycles. The van der Waals surface area contributed by atoms with Crippen molar-refractivity contribution < 1.29 is 4.79 Å². The van der Waals surface area contributed by atoms with Gasteiger partial charge in [0.05, 0.1) is 0 Å². The van der Waals surface area contributed by atoms with Gasteiger partial charge >= 0.3 is 0 Å². The number of aromatic nitrogens is 1. The van der Waals surface area contributed by atoms with Gasteiger partial charge in [0.1, 0.15) is 5.82 Å². The molecule has 1 aromatic carbocycles. The third-order valence-electron chi connectivity index (χ3n) is 2.81. The molecule has 0 bridgehead atoms. The number of hydrogen-bond donors (Lipinski definition) is 2. The van der Waals surface area contributed by atoms with Gasteiger partial charge in [0.2, 0.25) is 0 Å². The van der Waals surface area contributed by atoms with Crippen molar-refractivity contribution in [2.45, 2.75) is 6.54 Å². The van der Waals surface area contributed by atoms with Crippen LogP contribution in [0, 0.1) is 0 Å². The lowest BCUT2D eigenvalue weighted by molar-refractivity contribution is 0.0785. The minimum Gasteiger partial charge on any atom is -0.337 e. The van der Waals surface area contributed by atoms with Crippen molar-refractivity contribution in [3.63, 3.8) is 0 Å². The van der Waals surface area contributed by atoms with Crippen LogP contribution in [0.4, 0.5) is 5.82 Å². The van der Waals surface area contributed by atoms with Crippen molar-refractivity contribution in [3.8, 4) is 0 Å². The first-order valence-electron chi connectivity index (χ1n) is 6.02. The normalized spacial score (nSPS) is 10.2. The van der Waals surface area contributed by atoms with Gasteiger partial charge in [-0.05, 0) is 29.8 Å². The Morgan fingerprint density at radius 3 is 2.90 bits per heavy atom. The Morgan fingerprint density at radius 2 is 2.20 bits per heavy atom. The van der Waals surface area contributed by atoms with Crippen LogP contribution >= 0.6 is 11.6 Å². The largest absolute Gasteiger partial charge is 0.337 e. The number of hydrogen-bond acceptors (Lipinski definition) is 4. The molecule has 0 saturated carbocycles. The predicted molar refractivity (Wildman–Crippen MR) is 79.3 cm³/mol. The lowest BCUT2D eigenvalue weighted by Gasteiger charge is -2.17. The number of hydrazine groups is 1. The highest BCUT2D eigenvalue weighted by Gasteiger charge is 2.12. The van der Waals surface area contributed by atoms with Crippen molar-refractivity contribution in [2.24, 2.45) is 5.84 Å². The Labute approximate surface area is 122 Å². The minimum atomic E-state index is -0.108. The molecule has 6 heteroatoms. The van der Waals surface area contributed by atoms with Gasteiger partial charge in [-0.25, -0.2) is 10.8 Å².